The highest BCUT2D eigenvalue weighted by molar-refractivity contribution is 6.07. The maximum atomic E-state index is 13.1. The van der Waals surface area contributed by atoms with Gasteiger partial charge in [-0.15, -0.1) is 0 Å². The van der Waals surface area contributed by atoms with Crippen LogP contribution in [0, 0.1) is 0 Å². The Morgan fingerprint density at radius 3 is 2.24 bits per heavy atom. The number of benzene rings is 4. The molecular formula is C33H32N2O6. The van der Waals surface area contributed by atoms with Gasteiger partial charge in [-0.25, -0.2) is 0 Å². The van der Waals surface area contributed by atoms with Gasteiger partial charge >= 0.3 is 5.97 Å². The van der Waals surface area contributed by atoms with E-state index in [0.717, 1.165) is 28.9 Å². The summed E-state index contributed by atoms with van der Waals surface area (Å²) in [7, 11) is 1.45. The predicted octanol–water partition coefficient (Wildman–Crippen LogP) is 5.94. The molecule has 0 spiro atoms. The molecule has 0 radical (unpaired) electrons. The molecule has 8 heteroatoms. The Hall–Kier alpha value is -5.11. The molecule has 0 heterocycles. The lowest BCUT2D eigenvalue weighted by Crippen LogP contribution is -2.23. The van der Waals surface area contributed by atoms with E-state index in [1.54, 1.807) is 36.4 Å². The summed E-state index contributed by atoms with van der Waals surface area (Å²) < 4.78 is 16.7. The van der Waals surface area contributed by atoms with E-state index in [1.165, 1.54) is 20.1 Å². The lowest BCUT2D eigenvalue weighted by Gasteiger charge is -2.15. The fourth-order valence-electron chi connectivity index (χ4n) is 4.14. The average molecular weight is 553 g/mol. The Kier molecular flexibility index (Phi) is 9.72. The minimum absolute atomic E-state index is 0.145. The van der Waals surface area contributed by atoms with E-state index in [9.17, 15) is 14.4 Å². The number of nitrogens with one attached hydrogen (secondary N) is 2. The first-order chi connectivity index (χ1) is 19.9. The van der Waals surface area contributed by atoms with Gasteiger partial charge in [0.25, 0.3) is 11.8 Å². The van der Waals surface area contributed by atoms with Gasteiger partial charge in [0.15, 0.2) is 0 Å². The van der Waals surface area contributed by atoms with Gasteiger partial charge in [-0.2, -0.15) is 0 Å². The summed E-state index contributed by atoms with van der Waals surface area (Å²) in [5, 5.41) is 5.70. The van der Waals surface area contributed by atoms with Crippen molar-refractivity contribution in [2.75, 3.05) is 12.4 Å². The molecule has 0 fully saturated rings. The summed E-state index contributed by atoms with van der Waals surface area (Å²) in [5.74, 6) is -0.167. The summed E-state index contributed by atoms with van der Waals surface area (Å²) in [6, 6.07) is 27.0. The van der Waals surface area contributed by atoms with Gasteiger partial charge < -0.3 is 24.8 Å². The van der Waals surface area contributed by atoms with Crippen LogP contribution < -0.4 is 24.8 Å². The van der Waals surface area contributed by atoms with E-state index in [0.29, 0.717) is 23.6 Å². The van der Waals surface area contributed by atoms with Gasteiger partial charge in [0.2, 0.25) is 0 Å². The van der Waals surface area contributed by atoms with Gasteiger partial charge in [0, 0.05) is 24.6 Å². The summed E-state index contributed by atoms with van der Waals surface area (Å²) in [6.07, 6.45) is 0.867. The second kappa shape index (κ2) is 13.8. The largest absolute Gasteiger partial charge is 0.495 e. The minimum atomic E-state index is -0.533. The van der Waals surface area contributed by atoms with Crippen molar-refractivity contribution in [2.24, 2.45) is 0 Å². The first kappa shape index (κ1) is 28.9. The molecule has 0 aromatic heterocycles. The van der Waals surface area contributed by atoms with Crippen LogP contribution in [-0.2, 0) is 24.4 Å². The van der Waals surface area contributed by atoms with Crippen molar-refractivity contribution in [3.8, 4) is 17.2 Å². The zero-order valence-corrected chi connectivity index (χ0v) is 23.2. The second-order valence-electron chi connectivity index (χ2n) is 9.21. The molecule has 0 unspecified atom stereocenters. The third-order valence-corrected chi connectivity index (χ3v) is 6.31. The summed E-state index contributed by atoms with van der Waals surface area (Å²) in [5.41, 5.74) is 3.95. The van der Waals surface area contributed by atoms with Gasteiger partial charge in [-0.3, -0.25) is 14.4 Å². The highest BCUT2D eigenvalue weighted by atomic mass is 16.5. The second-order valence-corrected chi connectivity index (χ2v) is 9.21. The maximum absolute atomic E-state index is 13.1. The number of esters is 1. The molecule has 0 saturated carbocycles. The molecule has 4 aromatic rings. The molecule has 0 aliphatic carbocycles. The fourth-order valence-corrected chi connectivity index (χ4v) is 4.14. The van der Waals surface area contributed by atoms with Crippen LogP contribution in [0.5, 0.6) is 17.2 Å². The summed E-state index contributed by atoms with van der Waals surface area (Å²) >= 11 is 0. The Bertz CT molecular complexity index is 1530. The maximum Gasteiger partial charge on any atom is 0.308 e. The zero-order valence-electron chi connectivity index (χ0n) is 23.2. The number of anilines is 1. The number of methoxy groups -OCH3 is 1. The number of hydrogen-bond acceptors (Lipinski definition) is 6. The Balaban J connectivity index is 1.45. The Labute approximate surface area is 239 Å². The van der Waals surface area contributed by atoms with Crippen LogP contribution in [0.1, 0.15) is 51.3 Å². The average Bonchev–Trinajstić information content (AvgIpc) is 2.99. The van der Waals surface area contributed by atoms with E-state index in [1.807, 2.05) is 48.5 Å². The van der Waals surface area contributed by atoms with Gasteiger partial charge in [-0.05, 0) is 53.9 Å². The molecule has 0 saturated heterocycles. The van der Waals surface area contributed by atoms with E-state index in [2.05, 4.69) is 17.6 Å². The van der Waals surface area contributed by atoms with Crippen molar-refractivity contribution >= 4 is 23.5 Å². The quantitative estimate of drug-likeness (QED) is 0.176. The third-order valence-electron chi connectivity index (χ3n) is 6.31. The Morgan fingerprint density at radius 1 is 0.756 bits per heavy atom. The number of hydrogen-bond donors (Lipinski definition) is 2. The number of ether oxygens (including phenoxy) is 3. The van der Waals surface area contributed by atoms with Crippen LogP contribution in [-0.4, -0.2) is 24.9 Å². The topological polar surface area (TPSA) is 103 Å². The summed E-state index contributed by atoms with van der Waals surface area (Å²) in [6.45, 7) is 4.03. The SMILES string of the molecule is CCc1ccc(CNC(=O)c2ccc(NC(=O)c3ccccc3OC(C)=O)c(OC)c2)c(OCc2ccccc2)c1. The van der Waals surface area contributed by atoms with Crippen molar-refractivity contribution in [2.45, 2.75) is 33.4 Å². The normalized spacial score (nSPS) is 10.4. The van der Waals surface area contributed by atoms with E-state index in [4.69, 9.17) is 14.2 Å². The van der Waals surface area contributed by atoms with Crippen LogP contribution in [0.15, 0.2) is 91.0 Å². The van der Waals surface area contributed by atoms with E-state index in [-0.39, 0.29) is 23.8 Å². The van der Waals surface area contributed by atoms with Crippen LogP contribution in [0.2, 0.25) is 0 Å². The molecule has 4 aromatic carbocycles. The van der Waals surface area contributed by atoms with Crippen LogP contribution in [0.25, 0.3) is 0 Å². The lowest BCUT2D eigenvalue weighted by atomic mass is 10.1. The number of rotatable bonds is 11. The van der Waals surface area contributed by atoms with Crippen molar-refractivity contribution < 1.29 is 28.6 Å². The number of carbonyl (C=O) groups is 3. The smallest absolute Gasteiger partial charge is 0.308 e. The van der Waals surface area contributed by atoms with Crippen LogP contribution >= 0.6 is 0 Å². The van der Waals surface area contributed by atoms with E-state index >= 15 is 0 Å². The molecule has 0 bridgehead atoms. The number of amides is 2. The molecule has 2 amide bonds. The van der Waals surface area contributed by atoms with Crippen molar-refractivity contribution in [3.05, 3.63) is 119 Å². The molecule has 8 nitrogen and oxygen atoms in total. The fraction of sp³-hybridized carbons (Fsp3) is 0.182. The van der Waals surface area contributed by atoms with Gasteiger partial charge in [0.1, 0.15) is 23.9 Å². The standard InChI is InChI=1S/C33H32N2O6/c1-4-23-14-15-26(30(18-23)40-21-24-10-6-5-7-11-24)20-34-32(37)25-16-17-28(31(19-25)39-3)35-33(38)27-12-8-9-13-29(27)41-22(2)36/h5-19H,4,20-21H2,1-3H3,(H,34,37)(H,35,38). The number of aryl methyl sites for hydroxylation is 1. The molecule has 41 heavy (non-hydrogen) atoms. The van der Waals surface area contributed by atoms with Crippen LogP contribution in [0.3, 0.4) is 0 Å². The lowest BCUT2D eigenvalue weighted by molar-refractivity contribution is -0.131. The molecular weight excluding hydrogens is 520 g/mol. The van der Waals surface area contributed by atoms with Gasteiger partial charge in [0.05, 0.1) is 18.4 Å². The van der Waals surface area contributed by atoms with E-state index < -0.39 is 11.9 Å². The minimum Gasteiger partial charge on any atom is -0.495 e. The van der Waals surface area contributed by atoms with Crippen molar-refractivity contribution in [1.29, 1.82) is 0 Å². The Morgan fingerprint density at radius 2 is 1.51 bits per heavy atom. The number of para-hydroxylation sites is 1. The summed E-state index contributed by atoms with van der Waals surface area (Å²) in [4.78, 5) is 37.4. The molecule has 4 rings (SSSR count). The third kappa shape index (κ3) is 7.73. The monoisotopic (exact) mass is 552 g/mol. The van der Waals surface area contributed by atoms with Gasteiger partial charge in [-0.1, -0.05) is 61.5 Å². The zero-order chi connectivity index (χ0) is 29.2. The highest BCUT2D eigenvalue weighted by Crippen LogP contribution is 2.28. The molecule has 0 aliphatic rings. The van der Waals surface area contributed by atoms with Crippen molar-refractivity contribution in [3.63, 3.8) is 0 Å². The molecule has 210 valence electrons. The molecule has 0 aliphatic heterocycles. The van der Waals surface area contributed by atoms with Crippen LogP contribution in [0.4, 0.5) is 5.69 Å². The first-order valence-electron chi connectivity index (χ1n) is 13.2. The molecule has 0 atom stereocenters. The number of carbonyl (C=O) groups excluding carboxylic acids is 3. The first-order valence-corrected chi connectivity index (χ1v) is 13.2. The van der Waals surface area contributed by atoms with Crippen molar-refractivity contribution in [1.82, 2.24) is 5.32 Å². The highest BCUT2D eigenvalue weighted by Gasteiger charge is 2.17. The predicted molar refractivity (Wildman–Crippen MR) is 156 cm³/mol. The molecule has 2 N–H and O–H groups in total.